The average molecular weight is 517 g/mol. The Morgan fingerprint density at radius 1 is 1.13 bits per heavy atom. The fraction of sp³-hybridized carbons (Fsp3) is 0.238. The van der Waals surface area contributed by atoms with E-state index in [2.05, 4.69) is 26.0 Å². The molecule has 0 saturated carbocycles. The third-order valence-electron chi connectivity index (χ3n) is 3.90. The lowest BCUT2D eigenvalue weighted by Gasteiger charge is -2.14. The maximum Gasteiger partial charge on any atom is 0.307 e. The highest BCUT2D eigenvalue weighted by Crippen LogP contribution is 2.37. The normalized spacial score (nSPS) is 10.7. The van der Waals surface area contributed by atoms with Gasteiger partial charge in [-0.25, -0.2) is 0 Å². The SMILES string of the molecule is COC(=O)CCNC(=O)/C=C/c1cc(Br)c(OCc2ccc(Cl)c(Cl)c2)c(OC)c1. The highest BCUT2D eigenvalue weighted by molar-refractivity contribution is 9.10. The van der Waals surface area contributed by atoms with Gasteiger partial charge in [0.15, 0.2) is 11.5 Å². The molecule has 0 saturated heterocycles. The summed E-state index contributed by atoms with van der Waals surface area (Å²) in [6.07, 6.45) is 3.11. The van der Waals surface area contributed by atoms with Crippen LogP contribution in [0.1, 0.15) is 17.5 Å². The molecule has 0 bridgehead atoms. The molecule has 0 unspecified atom stereocenters. The minimum Gasteiger partial charge on any atom is -0.493 e. The lowest BCUT2D eigenvalue weighted by atomic mass is 10.2. The van der Waals surface area contributed by atoms with Gasteiger partial charge in [-0.3, -0.25) is 9.59 Å². The van der Waals surface area contributed by atoms with Crippen LogP contribution >= 0.6 is 39.1 Å². The summed E-state index contributed by atoms with van der Waals surface area (Å²) >= 11 is 15.4. The first-order valence-corrected chi connectivity index (χ1v) is 10.4. The number of methoxy groups -OCH3 is 2. The Morgan fingerprint density at radius 2 is 1.90 bits per heavy atom. The van der Waals surface area contributed by atoms with Crippen LogP contribution in [0.25, 0.3) is 6.08 Å². The number of ether oxygens (including phenoxy) is 3. The zero-order valence-electron chi connectivity index (χ0n) is 16.3. The van der Waals surface area contributed by atoms with Crippen LogP contribution < -0.4 is 14.8 Å². The number of carbonyl (C=O) groups is 2. The minimum absolute atomic E-state index is 0.111. The summed E-state index contributed by atoms with van der Waals surface area (Å²) in [6.45, 7) is 0.466. The number of hydrogen-bond acceptors (Lipinski definition) is 5. The predicted molar refractivity (Wildman–Crippen MR) is 120 cm³/mol. The highest BCUT2D eigenvalue weighted by atomic mass is 79.9. The van der Waals surface area contributed by atoms with E-state index < -0.39 is 0 Å². The fourth-order valence-corrected chi connectivity index (χ4v) is 3.28. The largest absolute Gasteiger partial charge is 0.493 e. The Morgan fingerprint density at radius 3 is 2.57 bits per heavy atom. The molecule has 0 radical (unpaired) electrons. The van der Waals surface area contributed by atoms with Gasteiger partial charge in [-0.1, -0.05) is 29.3 Å². The van der Waals surface area contributed by atoms with Gasteiger partial charge in [0, 0.05) is 12.6 Å². The number of nitrogens with one attached hydrogen (secondary N) is 1. The zero-order chi connectivity index (χ0) is 22.1. The number of carbonyl (C=O) groups excluding carboxylic acids is 2. The Kier molecular flexibility index (Phi) is 9.49. The van der Waals surface area contributed by atoms with Crippen molar-refractivity contribution in [3.63, 3.8) is 0 Å². The molecule has 0 atom stereocenters. The molecule has 2 aromatic rings. The van der Waals surface area contributed by atoms with Crippen LogP contribution in [0.5, 0.6) is 11.5 Å². The van der Waals surface area contributed by atoms with Crippen molar-refractivity contribution in [2.45, 2.75) is 13.0 Å². The molecule has 1 N–H and O–H groups in total. The summed E-state index contributed by atoms with van der Waals surface area (Å²) in [5.41, 5.74) is 1.58. The maximum atomic E-state index is 11.9. The van der Waals surface area contributed by atoms with Crippen LogP contribution in [-0.4, -0.2) is 32.6 Å². The van der Waals surface area contributed by atoms with E-state index in [0.29, 0.717) is 26.0 Å². The van der Waals surface area contributed by atoms with E-state index >= 15 is 0 Å². The number of esters is 1. The molecule has 0 aliphatic carbocycles. The summed E-state index contributed by atoms with van der Waals surface area (Å²) in [4.78, 5) is 22.9. The van der Waals surface area contributed by atoms with Gasteiger partial charge in [0.05, 0.1) is 35.2 Å². The standard InChI is InChI=1S/C21H20BrCl2NO5/c1-28-18-11-13(4-6-19(26)25-8-7-20(27)29-2)9-15(22)21(18)30-12-14-3-5-16(23)17(24)10-14/h3-6,9-11H,7-8,12H2,1-2H3,(H,25,26)/b6-4+. The van der Waals surface area contributed by atoms with Gasteiger partial charge in [-0.05, 0) is 57.4 Å². The molecule has 0 aromatic heterocycles. The molecular weight excluding hydrogens is 497 g/mol. The zero-order valence-corrected chi connectivity index (χ0v) is 19.4. The minimum atomic E-state index is -0.385. The van der Waals surface area contributed by atoms with E-state index in [9.17, 15) is 9.59 Å². The van der Waals surface area contributed by atoms with Gasteiger partial charge in [0.1, 0.15) is 6.61 Å². The van der Waals surface area contributed by atoms with Gasteiger partial charge in [0.2, 0.25) is 5.91 Å². The van der Waals surface area contributed by atoms with Gasteiger partial charge in [-0.15, -0.1) is 0 Å². The molecule has 2 aromatic carbocycles. The van der Waals surface area contributed by atoms with Crippen LogP contribution in [0.4, 0.5) is 0 Å². The van der Waals surface area contributed by atoms with Crippen molar-refractivity contribution in [1.82, 2.24) is 5.32 Å². The Labute approximate surface area is 193 Å². The molecule has 0 aliphatic rings. The number of halogens is 3. The maximum absolute atomic E-state index is 11.9. The van der Waals surface area contributed by atoms with E-state index in [4.69, 9.17) is 32.7 Å². The van der Waals surface area contributed by atoms with E-state index in [0.717, 1.165) is 11.1 Å². The summed E-state index contributed by atoms with van der Waals surface area (Å²) in [7, 11) is 2.83. The molecule has 0 spiro atoms. The molecule has 2 rings (SSSR count). The van der Waals surface area contributed by atoms with Crippen LogP contribution in [0.3, 0.4) is 0 Å². The third kappa shape index (κ3) is 7.23. The highest BCUT2D eigenvalue weighted by Gasteiger charge is 2.12. The van der Waals surface area contributed by atoms with Gasteiger partial charge in [0.25, 0.3) is 0 Å². The second-order valence-corrected chi connectivity index (χ2v) is 7.69. The summed E-state index contributed by atoms with van der Waals surface area (Å²) in [6, 6.07) is 8.81. The summed E-state index contributed by atoms with van der Waals surface area (Å²) < 4.78 is 16.5. The summed E-state index contributed by atoms with van der Waals surface area (Å²) in [5.74, 6) is 0.303. The van der Waals surface area contributed by atoms with E-state index in [1.54, 1.807) is 30.3 Å². The van der Waals surface area contributed by atoms with Gasteiger partial charge < -0.3 is 19.5 Å². The predicted octanol–water partition coefficient (Wildman–Crippen LogP) is 5.04. The van der Waals surface area contributed by atoms with Gasteiger partial charge >= 0.3 is 5.97 Å². The molecule has 1 amide bonds. The van der Waals surface area contributed by atoms with E-state index in [1.165, 1.54) is 20.3 Å². The van der Waals surface area contributed by atoms with Gasteiger partial charge in [-0.2, -0.15) is 0 Å². The molecule has 9 heteroatoms. The second kappa shape index (κ2) is 11.8. The topological polar surface area (TPSA) is 73.9 Å². The van der Waals surface area contributed by atoms with Crippen molar-refractivity contribution in [2.75, 3.05) is 20.8 Å². The first-order chi connectivity index (χ1) is 14.3. The van der Waals surface area contributed by atoms with E-state index in [-0.39, 0.29) is 31.4 Å². The first kappa shape index (κ1) is 24.1. The molecule has 6 nitrogen and oxygen atoms in total. The van der Waals surface area contributed by atoms with Crippen molar-refractivity contribution < 1.29 is 23.8 Å². The Hall–Kier alpha value is -2.22. The quantitative estimate of drug-likeness (QED) is 0.373. The van der Waals surface area contributed by atoms with Crippen LogP contribution in [-0.2, 0) is 20.9 Å². The Balaban J connectivity index is 2.04. The first-order valence-electron chi connectivity index (χ1n) is 8.81. The number of amides is 1. The average Bonchev–Trinajstić information content (AvgIpc) is 2.73. The summed E-state index contributed by atoms with van der Waals surface area (Å²) in [5, 5.41) is 3.53. The van der Waals surface area contributed by atoms with Crippen molar-refractivity contribution >= 4 is 57.1 Å². The fourth-order valence-electron chi connectivity index (χ4n) is 2.38. The third-order valence-corrected chi connectivity index (χ3v) is 5.23. The molecular formula is C21H20BrCl2NO5. The molecule has 160 valence electrons. The van der Waals surface area contributed by atoms with Crippen LogP contribution in [0.2, 0.25) is 10.0 Å². The monoisotopic (exact) mass is 515 g/mol. The van der Waals surface area contributed by atoms with Crippen molar-refractivity contribution in [3.05, 3.63) is 62.1 Å². The van der Waals surface area contributed by atoms with Crippen LogP contribution in [0, 0.1) is 0 Å². The molecule has 30 heavy (non-hydrogen) atoms. The van der Waals surface area contributed by atoms with Crippen molar-refractivity contribution in [1.29, 1.82) is 0 Å². The number of hydrogen-bond donors (Lipinski definition) is 1. The number of benzene rings is 2. The molecule has 0 heterocycles. The lowest BCUT2D eigenvalue weighted by Crippen LogP contribution is -2.24. The molecule has 0 fully saturated rings. The van der Waals surface area contributed by atoms with Crippen molar-refractivity contribution in [3.8, 4) is 11.5 Å². The smallest absolute Gasteiger partial charge is 0.307 e. The lowest BCUT2D eigenvalue weighted by molar-refractivity contribution is -0.140. The van der Waals surface area contributed by atoms with Crippen LogP contribution in [0.15, 0.2) is 40.9 Å². The van der Waals surface area contributed by atoms with E-state index in [1.807, 2.05) is 6.07 Å². The molecule has 0 aliphatic heterocycles. The second-order valence-electron chi connectivity index (χ2n) is 6.02. The Bertz CT molecular complexity index is 949. The van der Waals surface area contributed by atoms with Crippen molar-refractivity contribution in [2.24, 2.45) is 0 Å². The number of rotatable bonds is 9.